The minimum atomic E-state index is -4.43. The zero-order valence-corrected chi connectivity index (χ0v) is 24.2. The molecule has 1 fully saturated rings. The van der Waals surface area contributed by atoms with E-state index in [2.05, 4.69) is 35.0 Å². The van der Waals surface area contributed by atoms with Gasteiger partial charge in [0.15, 0.2) is 5.13 Å². The monoisotopic (exact) mass is 616 g/mol. The van der Waals surface area contributed by atoms with Crippen molar-refractivity contribution in [3.8, 4) is 5.75 Å². The lowest BCUT2D eigenvalue weighted by molar-refractivity contribution is -0.115. The Hall–Kier alpha value is -3.52. The Kier molecular flexibility index (Phi) is 9.73. The van der Waals surface area contributed by atoms with Crippen molar-refractivity contribution in [3.05, 3.63) is 65.7 Å². The van der Waals surface area contributed by atoms with Gasteiger partial charge in [-0.2, -0.15) is 0 Å². The third-order valence-electron chi connectivity index (χ3n) is 6.69. The maximum Gasteiger partial charge on any atom is 0.469 e. The molecule has 0 aliphatic carbocycles. The van der Waals surface area contributed by atoms with Crippen LogP contribution in [-0.2, 0) is 20.3 Å². The van der Waals surface area contributed by atoms with E-state index in [4.69, 9.17) is 14.5 Å². The molecule has 0 atom stereocenters. The summed E-state index contributed by atoms with van der Waals surface area (Å²) in [4.78, 5) is 45.9. The van der Waals surface area contributed by atoms with Crippen molar-refractivity contribution < 1.29 is 32.8 Å². The van der Waals surface area contributed by atoms with E-state index >= 15 is 0 Å². The second kappa shape index (κ2) is 13.6. The Morgan fingerprint density at radius 3 is 2.76 bits per heavy atom. The van der Waals surface area contributed by atoms with Gasteiger partial charge in [-0.05, 0) is 62.2 Å². The number of carbonyl (C=O) groups excluding carboxylic acids is 1. The molecule has 4 aromatic rings. The molecule has 12 nitrogen and oxygen atoms in total. The summed E-state index contributed by atoms with van der Waals surface area (Å²) in [6.07, 6.45) is 5.02. The van der Waals surface area contributed by atoms with Crippen molar-refractivity contribution in [2.24, 2.45) is 5.92 Å². The predicted octanol–water partition coefficient (Wildman–Crippen LogP) is 4.35. The second-order valence-electron chi connectivity index (χ2n) is 9.81. The van der Waals surface area contributed by atoms with Gasteiger partial charge in [0.25, 0.3) is 0 Å². The number of halogens is 1. The smallest absolute Gasteiger partial charge is 0.469 e. The average Bonchev–Trinajstić information content (AvgIpc) is 3.38. The van der Waals surface area contributed by atoms with Gasteiger partial charge in [0.05, 0.1) is 25.2 Å². The zero-order chi connectivity index (χ0) is 29.5. The van der Waals surface area contributed by atoms with Crippen molar-refractivity contribution in [2.45, 2.75) is 19.3 Å². The zero-order valence-electron chi connectivity index (χ0n) is 22.5. The van der Waals surface area contributed by atoms with Gasteiger partial charge < -0.3 is 30.1 Å². The number of likely N-dealkylation sites (tertiary alicyclic amines) is 1. The molecular weight excluding hydrogens is 586 g/mol. The predicted molar refractivity (Wildman–Crippen MR) is 156 cm³/mol. The van der Waals surface area contributed by atoms with E-state index in [0.717, 1.165) is 36.2 Å². The van der Waals surface area contributed by atoms with E-state index in [1.807, 2.05) is 18.2 Å². The molecule has 1 amide bonds. The molecule has 2 aromatic heterocycles. The van der Waals surface area contributed by atoms with Gasteiger partial charge in [-0.1, -0.05) is 6.07 Å². The van der Waals surface area contributed by atoms with E-state index in [9.17, 15) is 13.8 Å². The van der Waals surface area contributed by atoms with Crippen molar-refractivity contribution in [2.75, 3.05) is 43.5 Å². The number of phosphoric acid groups is 1. The number of amides is 1. The molecule has 0 unspecified atom stereocenters. The Morgan fingerprint density at radius 1 is 1.14 bits per heavy atom. The third-order valence-corrected chi connectivity index (χ3v) is 8.12. The average molecular weight is 617 g/mol. The molecule has 0 spiro atoms. The largest absolute Gasteiger partial charge is 0.493 e. The summed E-state index contributed by atoms with van der Waals surface area (Å²) < 4.78 is 34.8. The van der Waals surface area contributed by atoms with Crippen LogP contribution < -0.4 is 15.4 Å². The number of carbonyl (C=O) groups is 1. The summed E-state index contributed by atoms with van der Waals surface area (Å²) in [5, 5.41) is 7.25. The molecule has 3 heterocycles. The lowest BCUT2D eigenvalue weighted by Crippen LogP contribution is -2.37. The lowest BCUT2D eigenvalue weighted by atomic mass is 9.98. The minimum absolute atomic E-state index is 0.000116. The fraction of sp³-hybridized carbons (Fsp3) is 0.333. The van der Waals surface area contributed by atoms with Crippen LogP contribution in [0.1, 0.15) is 17.7 Å². The summed E-state index contributed by atoms with van der Waals surface area (Å²) >= 11 is 1.32. The molecule has 4 N–H and O–H groups in total. The van der Waals surface area contributed by atoms with Crippen molar-refractivity contribution >= 4 is 52.6 Å². The van der Waals surface area contributed by atoms with Crippen LogP contribution in [0.2, 0.25) is 0 Å². The molecule has 0 bridgehead atoms. The number of fused-ring (bicyclic) bond motifs is 1. The van der Waals surface area contributed by atoms with Crippen LogP contribution in [0.25, 0.3) is 10.9 Å². The Bertz CT molecular complexity index is 1580. The number of benzene rings is 2. The summed E-state index contributed by atoms with van der Waals surface area (Å²) in [6, 6.07) is 11.4. The lowest BCUT2D eigenvalue weighted by Gasteiger charge is -2.31. The molecule has 15 heteroatoms. The van der Waals surface area contributed by atoms with Gasteiger partial charge in [-0.3, -0.25) is 9.32 Å². The van der Waals surface area contributed by atoms with Crippen LogP contribution in [-0.4, -0.2) is 68.4 Å². The van der Waals surface area contributed by atoms with Crippen LogP contribution in [0.5, 0.6) is 5.75 Å². The van der Waals surface area contributed by atoms with Gasteiger partial charge in [0.1, 0.15) is 23.7 Å². The highest BCUT2D eigenvalue weighted by Gasteiger charge is 2.21. The first kappa shape index (κ1) is 30.0. The van der Waals surface area contributed by atoms with Crippen molar-refractivity contribution in [1.29, 1.82) is 0 Å². The van der Waals surface area contributed by atoms with Gasteiger partial charge in [0.2, 0.25) is 5.91 Å². The summed E-state index contributed by atoms with van der Waals surface area (Å²) in [5.41, 5.74) is 1.10. The molecule has 1 aliphatic heterocycles. The maximum absolute atomic E-state index is 13.4. The fourth-order valence-electron chi connectivity index (χ4n) is 4.58. The van der Waals surface area contributed by atoms with E-state index in [0.29, 0.717) is 47.0 Å². The number of phosphoric ester groups is 1. The Labute approximate surface area is 245 Å². The fourth-order valence-corrected chi connectivity index (χ4v) is 5.71. The van der Waals surface area contributed by atoms with Crippen LogP contribution >= 0.6 is 19.2 Å². The van der Waals surface area contributed by atoms with Gasteiger partial charge in [-0.15, -0.1) is 11.3 Å². The third kappa shape index (κ3) is 8.74. The van der Waals surface area contributed by atoms with Crippen molar-refractivity contribution in [3.63, 3.8) is 0 Å². The summed E-state index contributed by atoms with van der Waals surface area (Å²) in [5.74, 6) is 0.959. The quantitative estimate of drug-likeness (QED) is 0.168. The van der Waals surface area contributed by atoms with Crippen LogP contribution in [0.4, 0.5) is 21.0 Å². The number of hydrogen-bond donors (Lipinski definition) is 4. The van der Waals surface area contributed by atoms with Crippen LogP contribution in [0, 0.1) is 11.7 Å². The van der Waals surface area contributed by atoms with E-state index in [1.54, 1.807) is 12.3 Å². The number of nitrogens with zero attached hydrogens (tertiary/aromatic N) is 4. The molecule has 5 rings (SSSR count). The normalized spacial score (nSPS) is 14.6. The number of thiazole rings is 1. The Balaban J connectivity index is 1.11. The summed E-state index contributed by atoms with van der Waals surface area (Å²) in [7, 11) is -4.43. The molecule has 42 heavy (non-hydrogen) atoms. The first-order valence-corrected chi connectivity index (χ1v) is 15.6. The van der Waals surface area contributed by atoms with Gasteiger partial charge >= 0.3 is 7.82 Å². The highest BCUT2D eigenvalue weighted by Crippen LogP contribution is 2.35. The first-order valence-electron chi connectivity index (χ1n) is 13.3. The number of ether oxygens (including phenoxy) is 1. The first-order chi connectivity index (χ1) is 20.2. The molecule has 222 valence electrons. The van der Waals surface area contributed by atoms with Crippen LogP contribution in [0.15, 0.2) is 55.0 Å². The SMILES string of the molecule is O=C(Cc1cnc(Nc2ncnc3cc(OCC4CCN(CCOP(=O)(O)O)CC4)ccc23)s1)Nc1cccc(F)c1. The van der Waals surface area contributed by atoms with Crippen LogP contribution in [0.3, 0.4) is 0 Å². The molecule has 1 aliphatic rings. The summed E-state index contributed by atoms with van der Waals surface area (Å²) in [6.45, 7) is 2.67. The number of nitrogens with one attached hydrogen (secondary N) is 2. The van der Waals surface area contributed by atoms with E-state index in [1.165, 1.54) is 35.9 Å². The van der Waals surface area contributed by atoms with E-state index < -0.39 is 13.6 Å². The molecule has 1 saturated heterocycles. The standard InChI is InChI=1S/C27H30FN6O6PS/c28-19-2-1-3-20(12-19)32-25(35)14-22-15-29-27(42-22)33-26-23-5-4-21(13-24(23)30-17-31-26)39-16-18-6-8-34(9-7-18)10-11-40-41(36,37)38/h1-5,12-13,15,17-18H,6-11,14,16H2,(H,32,35)(H2,36,37,38)(H,29,30,31,33). The number of aromatic nitrogens is 3. The molecule has 0 saturated carbocycles. The van der Waals surface area contributed by atoms with E-state index in [-0.39, 0.29) is 18.9 Å². The van der Waals surface area contributed by atoms with Crippen molar-refractivity contribution in [1.82, 2.24) is 19.9 Å². The molecule has 0 radical (unpaired) electrons. The highest BCUT2D eigenvalue weighted by molar-refractivity contribution is 7.46. The second-order valence-corrected chi connectivity index (χ2v) is 12.2. The van der Waals surface area contributed by atoms with Gasteiger partial charge in [0, 0.05) is 34.8 Å². The number of piperidine rings is 1. The molecular formula is C27H30FN6O6PS. The maximum atomic E-state index is 13.4. The number of anilines is 3. The number of hydrogen-bond acceptors (Lipinski definition) is 10. The minimum Gasteiger partial charge on any atom is -0.493 e. The topological polar surface area (TPSA) is 159 Å². The number of rotatable bonds is 12. The molecule has 2 aromatic carbocycles. The van der Waals surface area contributed by atoms with Gasteiger partial charge in [-0.25, -0.2) is 23.9 Å². The Morgan fingerprint density at radius 2 is 1.98 bits per heavy atom. The highest BCUT2D eigenvalue weighted by atomic mass is 32.1.